The number of hydrogen-bond donors (Lipinski definition) is 1. The Labute approximate surface area is 186 Å². The van der Waals surface area contributed by atoms with Crippen molar-refractivity contribution in [2.45, 2.75) is 76.0 Å². The van der Waals surface area contributed by atoms with E-state index in [2.05, 4.69) is 54.5 Å². The Morgan fingerprint density at radius 1 is 1.10 bits per heavy atom. The van der Waals surface area contributed by atoms with E-state index in [-0.39, 0.29) is 11.2 Å². The van der Waals surface area contributed by atoms with Gasteiger partial charge in [0.05, 0.1) is 15.8 Å². The second-order valence-electron chi connectivity index (χ2n) is 8.29. The molecule has 1 amide bonds. The third kappa shape index (κ3) is 4.67. The Balaban J connectivity index is 1.44. The molecular formula is C23H28N4OS2. The predicted octanol–water partition coefficient (Wildman–Crippen LogP) is 6.18. The molecule has 0 aliphatic heterocycles. The number of nitrogens with zero attached hydrogens (tertiary/aromatic N) is 3. The number of nitrogens with one attached hydrogen (secondary N) is 1. The molecule has 1 N–H and O–H groups in total. The van der Waals surface area contributed by atoms with Crippen LogP contribution >= 0.6 is 23.1 Å². The molecule has 3 aromatic rings. The number of thioether (sulfide) groups is 1. The first-order chi connectivity index (χ1) is 14.4. The molecule has 0 spiro atoms. The van der Waals surface area contributed by atoms with E-state index in [9.17, 15) is 4.79 Å². The fourth-order valence-electron chi connectivity index (χ4n) is 4.12. The van der Waals surface area contributed by atoms with Crippen molar-refractivity contribution in [3.63, 3.8) is 0 Å². The molecule has 0 saturated heterocycles. The second-order valence-corrected chi connectivity index (χ2v) is 10.7. The largest absolute Gasteiger partial charge is 0.300 e. The van der Waals surface area contributed by atoms with Crippen molar-refractivity contribution in [2.24, 2.45) is 0 Å². The molecular weight excluding hydrogens is 412 g/mol. The fraction of sp³-hybridized carbons (Fsp3) is 0.478. The molecule has 1 aromatic carbocycles. The van der Waals surface area contributed by atoms with Gasteiger partial charge in [-0.25, -0.2) is 4.98 Å². The quantitative estimate of drug-likeness (QED) is 0.480. The smallest absolute Gasteiger partial charge is 0.239 e. The molecule has 1 fully saturated rings. The number of rotatable bonds is 5. The number of anilines is 1. The average Bonchev–Trinajstić information content (AvgIpc) is 3.18. The van der Waals surface area contributed by atoms with Gasteiger partial charge in [-0.15, -0.1) is 10.2 Å². The topological polar surface area (TPSA) is 67.8 Å². The molecule has 2 aromatic heterocycles. The van der Waals surface area contributed by atoms with Gasteiger partial charge in [-0.05, 0) is 63.8 Å². The van der Waals surface area contributed by atoms with E-state index in [4.69, 9.17) is 4.98 Å². The number of hydrogen-bond acceptors (Lipinski definition) is 6. The van der Waals surface area contributed by atoms with Crippen molar-refractivity contribution in [3.8, 4) is 0 Å². The van der Waals surface area contributed by atoms with Crippen molar-refractivity contribution in [1.82, 2.24) is 15.2 Å². The maximum absolute atomic E-state index is 12.7. The zero-order valence-corrected chi connectivity index (χ0v) is 19.6. The highest BCUT2D eigenvalue weighted by Gasteiger charge is 2.22. The van der Waals surface area contributed by atoms with Gasteiger partial charge in [0, 0.05) is 11.3 Å². The number of benzene rings is 1. The summed E-state index contributed by atoms with van der Waals surface area (Å²) in [6.45, 7) is 8.21. The van der Waals surface area contributed by atoms with Crippen molar-refractivity contribution < 1.29 is 4.79 Å². The Morgan fingerprint density at radius 3 is 2.63 bits per heavy atom. The summed E-state index contributed by atoms with van der Waals surface area (Å²) in [5, 5.41) is 14.9. The van der Waals surface area contributed by atoms with E-state index in [1.54, 1.807) is 0 Å². The van der Waals surface area contributed by atoms with Crippen LogP contribution in [0.4, 0.5) is 5.13 Å². The van der Waals surface area contributed by atoms with Crippen LogP contribution in [0.2, 0.25) is 0 Å². The molecule has 4 rings (SSSR count). The SMILES string of the molecule is Cc1cc(C)c2nc(SC(C)C(=O)Nc3nnc(C4CCCCC4)s3)cc(C)c2c1. The van der Waals surface area contributed by atoms with Crippen LogP contribution in [-0.2, 0) is 4.79 Å². The van der Waals surface area contributed by atoms with Crippen LogP contribution in [0.5, 0.6) is 0 Å². The first-order valence-corrected chi connectivity index (χ1v) is 12.3. The van der Waals surface area contributed by atoms with Gasteiger partial charge in [0.25, 0.3) is 0 Å². The molecule has 5 nitrogen and oxygen atoms in total. The average molecular weight is 441 g/mol. The number of carbonyl (C=O) groups is 1. The van der Waals surface area contributed by atoms with E-state index in [0.717, 1.165) is 21.1 Å². The highest BCUT2D eigenvalue weighted by Crippen LogP contribution is 2.35. The van der Waals surface area contributed by atoms with Crippen molar-refractivity contribution in [1.29, 1.82) is 0 Å². The van der Waals surface area contributed by atoms with E-state index in [1.165, 1.54) is 71.7 Å². The molecule has 1 atom stereocenters. The number of carbonyl (C=O) groups excluding carboxylic acids is 1. The number of amides is 1. The summed E-state index contributed by atoms with van der Waals surface area (Å²) in [4.78, 5) is 17.6. The molecule has 1 aliphatic rings. The number of aromatic nitrogens is 3. The van der Waals surface area contributed by atoms with E-state index < -0.39 is 0 Å². The maximum atomic E-state index is 12.7. The lowest BCUT2D eigenvalue weighted by Gasteiger charge is -2.18. The minimum absolute atomic E-state index is 0.0634. The zero-order valence-electron chi connectivity index (χ0n) is 18.0. The van der Waals surface area contributed by atoms with Crippen LogP contribution in [0.15, 0.2) is 23.2 Å². The van der Waals surface area contributed by atoms with Gasteiger partial charge in [0.15, 0.2) is 0 Å². The van der Waals surface area contributed by atoms with Crippen LogP contribution in [-0.4, -0.2) is 26.3 Å². The molecule has 0 radical (unpaired) electrons. The van der Waals surface area contributed by atoms with Crippen molar-refractivity contribution >= 4 is 45.0 Å². The van der Waals surface area contributed by atoms with Crippen LogP contribution in [0.25, 0.3) is 10.9 Å². The first-order valence-electron chi connectivity index (χ1n) is 10.6. The van der Waals surface area contributed by atoms with E-state index in [1.807, 2.05) is 6.92 Å². The van der Waals surface area contributed by atoms with Gasteiger partial charge in [0.2, 0.25) is 11.0 Å². The zero-order chi connectivity index (χ0) is 21.3. The van der Waals surface area contributed by atoms with E-state index >= 15 is 0 Å². The Kier molecular flexibility index (Phi) is 6.39. The Hall–Kier alpha value is -1.99. The van der Waals surface area contributed by atoms with Crippen LogP contribution in [0.1, 0.15) is 66.6 Å². The van der Waals surface area contributed by atoms with Gasteiger partial charge in [-0.3, -0.25) is 10.1 Å². The fourth-order valence-corrected chi connectivity index (χ4v) is 5.95. The highest BCUT2D eigenvalue weighted by atomic mass is 32.2. The summed E-state index contributed by atoms with van der Waals surface area (Å²) < 4.78 is 0. The van der Waals surface area contributed by atoms with Crippen LogP contribution in [0, 0.1) is 20.8 Å². The van der Waals surface area contributed by atoms with Crippen molar-refractivity contribution in [3.05, 3.63) is 39.9 Å². The molecule has 158 valence electrons. The highest BCUT2D eigenvalue weighted by molar-refractivity contribution is 8.00. The molecule has 2 heterocycles. The minimum Gasteiger partial charge on any atom is -0.300 e. The second kappa shape index (κ2) is 9.02. The minimum atomic E-state index is -0.276. The molecule has 0 bridgehead atoms. The van der Waals surface area contributed by atoms with Gasteiger partial charge in [-0.1, -0.05) is 54.0 Å². The van der Waals surface area contributed by atoms with E-state index in [0.29, 0.717) is 11.0 Å². The van der Waals surface area contributed by atoms with Gasteiger partial charge in [0.1, 0.15) is 5.01 Å². The number of pyridine rings is 1. The third-order valence-electron chi connectivity index (χ3n) is 5.72. The lowest BCUT2D eigenvalue weighted by atomic mass is 9.90. The maximum Gasteiger partial charge on any atom is 0.239 e. The van der Waals surface area contributed by atoms with Crippen LogP contribution in [0.3, 0.4) is 0 Å². The Bertz CT molecular complexity index is 1070. The molecule has 1 aliphatic carbocycles. The summed E-state index contributed by atoms with van der Waals surface area (Å²) >= 11 is 3.00. The predicted molar refractivity (Wildman–Crippen MR) is 126 cm³/mol. The van der Waals surface area contributed by atoms with Gasteiger partial charge in [-0.2, -0.15) is 0 Å². The third-order valence-corrected chi connectivity index (χ3v) is 7.74. The van der Waals surface area contributed by atoms with Gasteiger partial charge < -0.3 is 0 Å². The number of aryl methyl sites for hydroxylation is 3. The summed E-state index contributed by atoms with van der Waals surface area (Å²) in [5.74, 6) is 0.442. The molecule has 1 saturated carbocycles. The lowest BCUT2D eigenvalue weighted by molar-refractivity contribution is -0.115. The van der Waals surface area contributed by atoms with Crippen molar-refractivity contribution in [2.75, 3.05) is 5.32 Å². The summed E-state index contributed by atoms with van der Waals surface area (Å²) in [6, 6.07) is 6.40. The van der Waals surface area contributed by atoms with Gasteiger partial charge >= 0.3 is 0 Å². The summed E-state index contributed by atoms with van der Waals surface area (Å²) in [7, 11) is 0. The standard InChI is InChI=1S/C23H28N4OS2/c1-13-10-15(3)20-18(11-13)14(2)12-19(24-20)29-16(4)21(28)25-23-27-26-22(30-23)17-8-6-5-7-9-17/h10-12,16-17H,5-9H2,1-4H3,(H,25,27,28). The molecule has 30 heavy (non-hydrogen) atoms. The lowest BCUT2D eigenvalue weighted by Crippen LogP contribution is -2.22. The molecule has 1 unspecified atom stereocenters. The Morgan fingerprint density at radius 2 is 1.87 bits per heavy atom. The first kappa shape index (κ1) is 21.2. The van der Waals surface area contributed by atoms with Crippen LogP contribution < -0.4 is 5.32 Å². The molecule has 7 heteroatoms. The summed E-state index contributed by atoms with van der Waals surface area (Å²) in [5.41, 5.74) is 4.60. The monoisotopic (exact) mass is 440 g/mol. The summed E-state index contributed by atoms with van der Waals surface area (Å²) in [6.07, 6.45) is 6.20. The number of fused-ring (bicyclic) bond motifs is 1. The normalized spacial score (nSPS) is 16.0.